The molecule has 5 heteroatoms. The van der Waals surface area contributed by atoms with Crippen molar-refractivity contribution in [2.75, 3.05) is 18.9 Å². The van der Waals surface area contributed by atoms with Gasteiger partial charge in [-0.25, -0.2) is 4.39 Å². The summed E-state index contributed by atoms with van der Waals surface area (Å²) >= 11 is 3.34. The van der Waals surface area contributed by atoms with Crippen LogP contribution >= 0.6 is 15.9 Å². The molecule has 0 aromatic heterocycles. The maximum absolute atomic E-state index is 13.4. The number of nitrogen functional groups attached to an aromatic ring is 1. The van der Waals surface area contributed by atoms with Crippen LogP contribution in [0.3, 0.4) is 0 Å². The van der Waals surface area contributed by atoms with Gasteiger partial charge in [-0.1, -0.05) is 22.0 Å². The Bertz CT molecular complexity index is 525. The van der Waals surface area contributed by atoms with Crippen molar-refractivity contribution in [2.45, 2.75) is 0 Å². The molecule has 0 saturated heterocycles. The summed E-state index contributed by atoms with van der Waals surface area (Å²) in [7, 11) is 0. The molecule has 0 bridgehead atoms. The van der Waals surface area contributed by atoms with Crippen LogP contribution in [0.15, 0.2) is 46.9 Å². The number of para-hydroxylation sites is 1. The van der Waals surface area contributed by atoms with Crippen LogP contribution in [0, 0.1) is 5.82 Å². The van der Waals surface area contributed by atoms with Gasteiger partial charge in [-0.15, -0.1) is 0 Å². The van der Waals surface area contributed by atoms with E-state index in [9.17, 15) is 4.39 Å². The molecule has 0 fully saturated rings. The third-order valence-corrected chi connectivity index (χ3v) is 2.94. The molecule has 0 unspecified atom stereocenters. The number of nitrogens with two attached hydrogens (primary N) is 1. The first-order chi connectivity index (χ1) is 9.16. The van der Waals surface area contributed by atoms with Crippen molar-refractivity contribution in [2.24, 2.45) is 0 Å². The van der Waals surface area contributed by atoms with E-state index >= 15 is 0 Å². The van der Waals surface area contributed by atoms with E-state index in [0.717, 1.165) is 10.2 Å². The van der Waals surface area contributed by atoms with E-state index in [4.69, 9.17) is 15.2 Å². The van der Waals surface area contributed by atoms with Gasteiger partial charge in [-0.3, -0.25) is 0 Å². The molecule has 19 heavy (non-hydrogen) atoms. The Morgan fingerprint density at radius 3 is 2.37 bits per heavy atom. The normalized spacial score (nSPS) is 10.2. The molecule has 0 spiro atoms. The quantitative estimate of drug-likeness (QED) is 0.674. The Morgan fingerprint density at radius 1 is 1.00 bits per heavy atom. The number of rotatable bonds is 5. The lowest BCUT2D eigenvalue weighted by Gasteiger charge is -2.10. The lowest BCUT2D eigenvalue weighted by Crippen LogP contribution is -2.10. The predicted octanol–water partition coefficient (Wildman–Crippen LogP) is 3.63. The van der Waals surface area contributed by atoms with E-state index in [0.29, 0.717) is 6.61 Å². The van der Waals surface area contributed by atoms with Gasteiger partial charge in [0.15, 0.2) is 11.6 Å². The van der Waals surface area contributed by atoms with E-state index in [1.807, 2.05) is 24.3 Å². The Kier molecular flexibility index (Phi) is 4.63. The van der Waals surface area contributed by atoms with Crippen LogP contribution in [0.5, 0.6) is 11.5 Å². The molecular formula is C14H13BrFNO2. The first-order valence-electron chi connectivity index (χ1n) is 5.72. The zero-order valence-corrected chi connectivity index (χ0v) is 11.7. The Balaban J connectivity index is 1.82. The number of anilines is 1. The number of hydrogen-bond donors (Lipinski definition) is 1. The number of halogens is 2. The number of ether oxygens (including phenoxy) is 2. The summed E-state index contributed by atoms with van der Waals surface area (Å²) in [4.78, 5) is 0. The third-order valence-electron chi connectivity index (χ3n) is 2.41. The maximum Gasteiger partial charge on any atom is 0.177 e. The van der Waals surface area contributed by atoms with E-state index < -0.39 is 5.82 Å². The van der Waals surface area contributed by atoms with Gasteiger partial charge in [0.2, 0.25) is 0 Å². The molecule has 0 amide bonds. The summed E-state index contributed by atoms with van der Waals surface area (Å²) in [5.41, 5.74) is 5.90. The Labute approximate surface area is 119 Å². The fourth-order valence-electron chi connectivity index (χ4n) is 1.51. The average molecular weight is 326 g/mol. The van der Waals surface area contributed by atoms with Crippen molar-refractivity contribution in [1.29, 1.82) is 0 Å². The Hall–Kier alpha value is -1.75. The van der Waals surface area contributed by atoms with Crippen molar-refractivity contribution in [3.8, 4) is 11.5 Å². The average Bonchev–Trinajstić information content (AvgIpc) is 2.39. The topological polar surface area (TPSA) is 44.5 Å². The van der Waals surface area contributed by atoms with Gasteiger partial charge in [0.25, 0.3) is 0 Å². The zero-order chi connectivity index (χ0) is 13.7. The molecule has 0 radical (unpaired) electrons. The van der Waals surface area contributed by atoms with E-state index in [1.165, 1.54) is 12.1 Å². The fourth-order valence-corrected chi connectivity index (χ4v) is 1.78. The molecule has 2 N–H and O–H groups in total. The highest BCUT2D eigenvalue weighted by atomic mass is 79.9. The van der Waals surface area contributed by atoms with Crippen LogP contribution in [-0.4, -0.2) is 13.2 Å². The summed E-state index contributed by atoms with van der Waals surface area (Å²) < 4.78 is 25.1. The lowest BCUT2D eigenvalue weighted by molar-refractivity contribution is 0.212. The zero-order valence-electron chi connectivity index (χ0n) is 10.1. The Morgan fingerprint density at radius 2 is 1.68 bits per heavy atom. The third kappa shape index (κ3) is 3.86. The minimum Gasteiger partial charge on any atom is -0.490 e. The van der Waals surface area contributed by atoms with Crippen LogP contribution in [-0.2, 0) is 0 Å². The van der Waals surface area contributed by atoms with E-state index in [1.54, 1.807) is 6.07 Å². The molecule has 2 aromatic carbocycles. The van der Waals surface area contributed by atoms with Crippen LogP contribution < -0.4 is 15.2 Å². The van der Waals surface area contributed by atoms with Crippen LogP contribution in [0.25, 0.3) is 0 Å². The summed E-state index contributed by atoms with van der Waals surface area (Å²) in [6, 6.07) is 11.9. The predicted molar refractivity (Wildman–Crippen MR) is 75.9 cm³/mol. The van der Waals surface area contributed by atoms with Gasteiger partial charge in [0, 0.05) is 4.47 Å². The second-order valence-corrected chi connectivity index (χ2v) is 4.72. The van der Waals surface area contributed by atoms with Gasteiger partial charge >= 0.3 is 0 Å². The first-order valence-corrected chi connectivity index (χ1v) is 6.51. The van der Waals surface area contributed by atoms with Crippen molar-refractivity contribution in [3.05, 3.63) is 52.8 Å². The SMILES string of the molecule is Nc1cccc(F)c1OCCOc1ccc(Br)cc1. The molecule has 0 saturated carbocycles. The van der Waals surface area contributed by atoms with Crippen molar-refractivity contribution >= 4 is 21.6 Å². The van der Waals surface area contributed by atoms with Gasteiger partial charge < -0.3 is 15.2 Å². The van der Waals surface area contributed by atoms with Gasteiger partial charge in [-0.05, 0) is 36.4 Å². The molecule has 2 aromatic rings. The fraction of sp³-hybridized carbons (Fsp3) is 0.143. The highest BCUT2D eigenvalue weighted by Crippen LogP contribution is 2.24. The molecular weight excluding hydrogens is 313 g/mol. The molecule has 2 rings (SSSR count). The minimum atomic E-state index is -0.469. The maximum atomic E-state index is 13.4. The smallest absolute Gasteiger partial charge is 0.177 e. The highest BCUT2D eigenvalue weighted by molar-refractivity contribution is 9.10. The second-order valence-electron chi connectivity index (χ2n) is 3.81. The minimum absolute atomic E-state index is 0.0712. The van der Waals surface area contributed by atoms with Crippen LogP contribution in [0.2, 0.25) is 0 Å². The highest BCUT2D eigenvalue weighted by Gasteiger charge is 2.06. The van der Waals surface area contributed by atoms with E-state index in [2.05, 4.69) is 15.9 Å². The number of benzene rings is 2. The summed E-state index contributed by atoms with van der Waals surface area (Å²) in [6.07, 6.45) is 0. The van der Waals surface area contributed by atoms with Crippen LogP contribution in [0.4, 0.5) is 10.1 Å². The number of hydrogen-bond acceptors (Lipinski definition) is 3. The molecule has 0 heterocycles. The van der Waals surface area contributed by atoms with Crippen molar-refractivity contribution in [3.63, 3.8) is 0 Å². The molecule has 0 aliphatic rings. The van der Waals surface area contributed by atoms with Gasteiger partial charge in [-0.2, -0.15) is 0 Å². The second kappa shape index (κ2) is 6.43. The lowest BCUT2D eigenvalue weighted by atomic mass is 10.3. The van der Waals surface area contributed by atoms with Gasteiger partial charge in [0.1, 0.15) is 19.0 Å². The molecule has 0 atom stereocenters. The first kappa shape index (κ1) is 13.7. The standard InChI is InChI=1S/C14H13BrFNO2/c15-10-4-6-11(7-5-10)18-8-9-19-14-12(16)2-1-3-13(14)17/h1-7H,8-9,17H2. The molecule has 0 aliphatic heterocycles. The molecule has 0 aliphatic carbocycles. The van der Waals surface area contributed by atoms with Gasteiger partial charge in [0.05, 0.1) is 5.69 Å². The monoisotopic (exact) mass is 325 g/mol. The largest absolute Gasteiger partial charge is 0.490 e. The van der Waals surface area contributed by atoms with Crippen LogP contribution in [0.1, 0.15) is 0 Å². The summed E-state index contributed by atoms with van der Waals surface area (Å²) in [5, 5.41) is 0. The van der Waals surface area contributed by atoms with Crippen molar-refractivity contribution < 1.29 is 13.9 Å². The summed E-state index contributed by atoms with van der Waals surface area (Å²) in [5.74, 6) is 0.332. The summed E-state index contributed by atoms with van der Waals surface area (Å²) in [6.45, 7) is 0.538. The van der Waals surface area contributed by atoms with E-state index in [-0.39, 0.29) is 18.0 Å². The molecule has 100 valence electrons. The van der Waals surface area contributed by atoms with Crippen molar-refractivity contribution in [1.82, 2.24) is 0 Å². The molecule has 3 nitrogen and oxygen atoms in total.